The molecule has 0 aliphatic carbocycles. The van der Waals surface area contributed by atoms with Crippen molar-refractivity contribution in [1.82, 2.24) is 0 Å². The Bertz CT molecular complexity index is 401. The van der Waals surface area contributed by atoms with Crippen LogP contribution < -0.4 is 5.73 Å². The quantitative estimate of drug-likeness (QED) is 0.545. The molecule has 0 atom stereocenters. The number of nitrogens with two attached hydrogens (primary N) is 1. The van der Waals surface area contributed by atoms with E-state index in [2.05, 4.69) is 0 Å². The van der Waals surface area contributed by atoms with E-state index in [9.17, 15) is 13.0 Å². The lowest BCUT2D eigenvalue weighted by molar-refractivity contribution is 0.463. The first kappa shape index (κ1) is 9.31. The van der Waals surface area contributed by atoms with E-state index in [1.807, 2.05) is 0 Å². The molecule has 0 radical (unpaired) electrons. The lowest BCUT2D eigenvalue weighted by Crippen LogP contribution is -2.00. The zero-order valence-electron chi connectivity index (χ0n) is 5.82. The fraction of sp³-hybridized carbons (Fsp3) is 0. The van der Waals surface area contributed by atoms with Gasteiger partial charge in [-0.1, -0.05) is 11.6 Å². The molecular weight excluding hydrogens is 202 g/mol. The fourth-order valence-corrected chi connectivity index (χ4v) is 1.70. The Labute approximate surface area is 74.7 Å². The van der Waals surface area contributed by atoms with Crippen molar-refractivity contribution in [2.24, 2.45) is 0 Å². The van der Waals surface area contributed by atoms with Crippen molar-refractivity contribution < 1.29 is 13.0 Å². The first-order valence-corrected chi connectivity index (χ1v) is 4.71. The zero-order chi connectivity index (χ0) is 9.35. The summed E-state index contributed by atoms with van der Waals surface area (Å²) < 4.78 is 31.5. The summed E-state index contributed by atoms with van der Waals surface area (Å²) in [6.45, 7) is 0. The lowest BCUT2D eigenvalue weighted by atomic mass is 10.3. The summed E-state index contributed by atoms with van der Waals surface area (Å²) >= 11 is 5.45. The van der Waals surface area contributed by atoms with Gasteiger partial charge in [-0.25, -0.2) is 8.42 Å². The van der Waals surface area contributed by atoms with Crippen LogP contribution >= 0.6 is 11.6 Å². The molecule has 0 aliphatic heterocycles. The van der Waals surface area contributed by atoms with Gasteiger partial charge in [0.05, 0.1) is 9.92 Å². The van der Waals surface area contributed by atoms with Gasteiger partial charge in [0.1, 0.15) is 10.1 Å². The molecule has 1 aromatic carbocycles. The standard InChI is InChI=1S/C6H6ClNO3S/c7-5-2-1-4(8)3-6(5)12(9,10)11/h1-3H,8H2,(H,9,10,11)/p-1. The zero-order valence-corrected chi connectivity index (χ0v) is 7.39. The average molecular weight is 207 g/mol. The van der Waals surface area contributed by atoms with Crippen LogP contribution in [0.2, 0.25) is 5.02 Å². The van der Waals surface area contributed by atoms with Crippen molar-refractivity contribution in [3.63, 3.8) is 0 Å². The topological polar surface area (TPSA) is 83.2 Å². The van der Waals surface area contributed by atoms with E-state index in [-0.39, 0.29) is 10.7 Å². The second-order valence-corrected chi connectivity index (χ2v) is 3.90. The summed E-state index contributed by atoms with van der Waals surface area (Å²) in [4.78, 5) is -0.482. The molecule has 0 heterocycles. The van der Waals surface area contributed by atoms with Crippen molar-refractivity contribution in [3.8, 4) is 0 Å². The van der Waals surface area contributed by atoms with Crippen LogP contribution in [0.4, 0.5) is 5.69 Å². The summed E-state index contributed by atoms with van der Waals surface area (Å²) in [7, 11) is -4.52. The van der Waals surface area contributed by atoms with E-state index >= 15 is 0 Å². The maximum atomic E-state index is 10.5. The summed E-state index contributed by atoms with van der Waals surface area (Å²) in [5, 5.41) is -0.112. The third-order valence-corrected chi connectivity index (χ3v) is 2.54. The Morgan fingerprint density at radius 3 is 2.42 bits per heavy atom. The third-order valence-electron chi connectivity index (χ3n) is 1.22. The molecule has 4 nitrogen and oxygen atoms in total. The number of hydrogen-bond acceptors (Lipinski definition) is 4. The van der Waals surface area contributed by atoms with Crippen LogP contribution in [-0.2, 0) is 10.1 Å². The van der Waals surface area contributed by atoms with E-state index in [0.717, 1.165) is 6.07 Å². The van der Waals surface area contributed by atoms with Gasteiger partial charge in [0.25, 0.3) is 0 Å². The van der Waals surface area contributed by atoms with Crippen LogP contribution in [0, 0.1) is 0 Å². The molecule has 1 aromatic rings. The van der Waals surface area contributed by atoms with Crippen LogP contribution in [0.25, 0.3) is 0 Å². The van der Waals surface area contributed by atoms with E-state index in [1.54, 1.807) is 0 Å². The van der Waals surface area contributed by atoms with E-state index in [1.165, 1.54) is 12.1 Å². The highest BCUT2D eigenvalue weighted by Crippen LogP contribution is 2.22. The second kappa shape index (κ2) is 2.93. The maximum Gasteiger partial charge on any atom is 0.125 e. The van der Waals surface area contributed by atoms with E-state index < -0.39 is 15.0 Å². The minimum atomic E-state index is -4.52. The Morgan fingerprint density at radius 2 is 2.00 bits per heavy atom. The molecule has 1 rings (SSSR count). The van der Waals surface area contributed by atoms with Crippen molar-refractivity contribution in [3.05, 3.63) is 23.2 Å². The number of benzene rings is 1. The molecule has 6 heteroatoms. The Morgan fingerprint density at radius 1 is 1.42 bits per heavy atom. The average Bonchev–Trinajstić information content (AvgIpc) is 1.92. The van der Waals surface area contributed by atoms with Crippen molar-refractivity contribution in [2.45, 2.75) is 4.90 Å². The number of anilines is 1. The highest BCUT2D eigenvalue weighted by molar-refractivity contribution is 7.85. The summed E-state index contributed by atoms with van der Waals surface area (Å²) in [6.07, 6.45) is 0. The van der Waals surface area contributed by atoms with Crippen LogP contribution in [0.1, 0.15) is 0 Å². The highest BCUT2D eigenvalue weighted by atomic mass is 35.5. The molecule has 12 heavy (non-hydrogen) atoms. The smallest absolute Gasteiger partial charge is 0.125 e. The van der Waals surface area contributed by atoms with Gasteiger partial charge in [0, 0.05) is 5.69 Å². The molecule has 0 amide bonds. The Balaban J connectivity index is 3.43. The molecule has 0 bridgehead atoms. The summed E-state index contributed by atoms with van der Waals surface area (Å²) in [5.41, 5.74) is 5.45. The van der Waals surface area contributed by atoms with Crippen molar-refractivity contribution in [1.29, 1.82) is 0 Å². The molecule has 0 fully saturated rings. The van der Waals surface area contributed by atoms with Gasteiger partial charge in [0.2, 0.25) is 0 Å². The van der Waals surface area contributed by atoms with Gasteiger partial charge >= 0.3 is 0 Å². The molecule has 0 unspecified atom stereocenters. The molecule has 66 valence electrons. The van der Waals surface area contributed by atoms with Gasteiger partial charge in [-0.3, -0.25) is 0 Å². The number of nitrogen functional groups attached to an aromatic ring is 1. The maximum absolute atomic E-state index is 10.5. The number of halogens is 1. The Kier molecular flexibility index (Phi) is 2.27. The molecule has 0 spiro atoms. The molecule has 0 aliphatic rings. The van der Waals surface area contributed by atoms with Crippen molar-refractivity contribution in [2.75, 3.05) is 5.73 Å². The van der Waals surface area contributed by atoms with Gasteiger partial charge in [-0.05, 0) is 18.2 Å². The highest BCUT2D eigenvalue weighted by Gasteiger charge is 2.06. The number of hydrogen-bond donors (Lipinski definition) is 1. The largest absolute Gasteiger partial charge is 0.744 e. The van der Waals surface area contributed by atoms with E-state index in [0.29, 0.717) is 0 Å². The fourth-order valence-electron chi connectivity index (χ4n) is 0.712. The molecule has 0 aromatic heterocycles. The predicted octanol–water partition coefficient (Wildman–Crippen LogP) is 0.826. The van der Waals surface area contributed by atoms with Gasteiger partial charge in [-0.2, -0.15) is 0 Å². The Hall–Kier alpha value is -0.780. The summed E-state index contributed by atoms with van der Waals surface area (Å²) in [6, 6.07) is 3.71. The van der Waals surface area contributed by atoms with Gasteiger partial charge in [0.15, 0.2) is 0 Å². The van der Waals surface area contributed by atoms with Crippen molar-refractivity contribution >= 4 is 27.4 Å². The SMILES string of the molecule is Nc1ccc(Cl)c(S(=O)(=O)[O-])c1. The predicted molar refractivity (Wildman–Crippen MR) is 43.8 cm³/mol. The first-order valence-electron chi connectivity index (χ1n) is 2.92. The normalized spacial score (nSPS) is 11.5. The van der Waals surface area contributed by atoms with Gasteiger partial charge < -0.3 is 10.3 Å². The summed E-state index contributed by atoms with van der Waals surface area (Å²) in [5.74, 6) is 0. The molecule has 0 saturated heterocycles. The minimum absolute atomic E-state index is 0.112. The van der Waals surface area contributed by atoms with Crippen LogP contribution in [0.5, 0.6) is 0 Å². The number of rotatable bonds is 1. The third kappa shape index (κ3) is 1.88. The minimum Gasteiger partial charge on any atom is -0.744 e. The lowest BCUT2D eigenvalue weighted by Gasteiger charge is -2.08. The molecule has 0 saturated carbocycles. The molecular formula is C6H5ClNO3S-. The molecule has 2 N–H and O–H groups in total. The van der Waals surface area contributed by atoms with Gasteiger partial charge in [-0.15, -0.1) is 0 Å². The first-order chi connectivity index (χ1) is 5.41. The van der Waals surface area contributed by atoms with E-state index in [4.69, 9.17) is 17.3 Å². The van der Waals surface area contributed by atoms with Crippen LogP contribution in [0.15, 0.2) is 23.1 Å². The van der Waals surface area contributed by atoms with Crippen LogP contribution in [-0.4, -0.2) is 13.0 Å². The van der Waals surface area contributed by atoms with Crippen LogP contribution in [0.3, 0.4) is 0 Å². The monoisotopic (exact) mass is 206 g/mol. The second-order valence-electron chi connectivity index (χ2n) is 2.14.